The molecular formula is C40H35N3OP2. The molecule has 0 amide bonds. The van der Waals surface area contributed by atoms with Gasteiger partial charge >= 0.3 is 0 Å². The van der Waals surface area contributed by atoms with Crippen molar-refractivity contribution in [2.45, 2.75) is 6.42 Å². The molecule has 0 fully saturated rings. The Balaban J connectivity index is 1.24. The molecule has 0 saturated heterocycles. The standard InChI is InChI=1S/C40H35N3OP2/c44-40(38-29-16-17-30-39(38)45(33-19-6-1-7-20-33)34-21-8-2-9-22-34)42-43-41-31-18-32-46(35-23-10-3-11-24-35,36-25-12-4-13-26-36)37-27-14-5-15-28-37/h1-17,19-30H,18,31-32H2/i42+1. The summed E-state index contributed by atoms with van der Waals surface area (Å²) in [5, 5.41) is 33.3. The summed E-state index contributed by atoms with van der Waals surface area (Å²) in [5.41, 5.74) is 0.558. The highest BCUT2D eigenvalue weighted by molar-refractivity contribution is 7.95. The van der Waals surface area contributed by atoms with Crippen LogP contribution in [-0.4, -0.2) is 18.6 Å². The average molecular weight is 637 g/mol. The van der Waals surface area contributed by atoms with Gasteiger partial charge in [-0.3, -0.25) is 0 Å². The van der Waals surface area contributed by atoms with Crippen molar-refractivity contribution in [1.82, 2.24) is 0 Å². The summed E-state index contributed by atoms with van der Waals surface area (Å²) < 4.78 is 0. The van der Waals surface area contributed by atoms with E-state index in [9.17, 15) is 5.11 Å². The molecule has 4 nitrogen and oxygen atoms in total. The molecule has 46 heavy (non-hydrogen) atoms. The van der Waals surface area contributed by atoms with E-state index >= 15 is 0 Å². The lowest BCUT2D eigenvalue weighted by molar-refractivity contribution is -0.213. The van der Waals surface area contributed by atoms with Crippen molar-refractivity contribution >= 4 is 52.9 Å². The molecule has 0 aromatic heterocycles. The molecule has 0 bridgehead atoms. The van der Waals surface area contributed by atoms with E-state index in [-0.39, 0.29) is 5.90 Å². The van der Waals surface area contributed by atoms with Gasteiger partial charge in [-0.25, -0.2) is 0 Å². The Kier molecular flexibility index (Phi) is 10.5. The maximum atomic E-state index is 13.5. The number of hydrogen-bond acceptors (Lipinski definition) is 3. The first-order chi connectivity index (χ1) is 22.8. The summed E-state index contributed by atoms with van der Waals surface area (Å²) in [4.78, 5) is 0. The van der Waals surface area contributed by atoms with Crippen molar-refractivity contribution in [3.05, 3.63) is 181 Å². The van der Waals surface area contributed by atoms with Crippen molar-refractivity contribution in [3.63, 3.8) is 0 Å². The lowest BCUT2D eigenvalue weighted by Crippen LogP contribution is -2.33. The summed E-state index contributed by atoms with van der Waals surface area (Å²) >= 11 is 0. The van der Waals surface area contributed by atoms with Gasteiger partial charge in [-0.2, -0.15) is 5.11 Å². The third-order valence-corrected chi connectivity index (χ3v) is 15.0. The summed E-state index contributed by atoms with van der Waals surface area (Å²) in [6.45, 7) is 0.480. The van der Waals surface area contributed by atoms with Gasteiger partial charge in [0, 0.05) is 12.3 Å². The zero-order valence-corrected chi connectivity index (χ0v) is 27.3. The van der Waals surface area contributed by atoms with Crippen LogP contribution in [0.15, 0.2) is 191 Å². The number of benzene rings is 6. The Morgan fingerprint density at radius 2 is 0.935 bits per heavy atom. The molecule has 0 aliphatic heterocycles. The molecule has 0 spiro atoms. The van der Waals surface area contributed by atoms with Crippen molar-refractivity contribution in [2.75, 3.05) is 12.7 Å². The zero-order valence-electron chi connectivity index (χ0n) is 25.5. The number of nitrogens with zero attached hydrogens (tertiary/aromatic N) is 3. The van der Waals surface area contributed by atoms with Gasteiger partial charge in [0.1, 0.15) is 23.2 Å². The van der Waals surface area contributed by atoms with Crippen LogP contribution in [0.3, 0.4) is 0 Å². The molecule has 0 heterocycles. The third-order valence-electron chi connectivity index (χ3n) is 7.95. The van der Waals surface area contributed by atoms with E-state index in [0.717, 1.165) is 17.9 Å². The van der Waals surface area contributed by atoms with E-state index in [0.29, 0.717) is 12.1 Å². The molecule has 6 aromatic rings. The Labute approximate surface area is 273 Å². The number of hydrogen-bond donors (Lipinski definition) is 0. The lowest BCUT2D eigenvalue weighted by atomic mass is 10.2. The fourth-order valence-corrected chi connectivity index (χ4v) is 12.6. The van der Waals surface area contributed by atoms with E-state index in [1.165, 1.54) is 26.5 Å². The smallest absolute Gasteiger partial charge is 0.112 e. The second-order valence-electron chi connectivity index (χ2n) is 10.8. The normalized spacial score (nSPS) is 12.1. The SMILES string of the molecule is [O-]/C(=[15N]\N=NCCC[P+](c1ccccc1)(c1ccccc1)c1ccccc1)c1ccccc1P(c1ccccc1)c1ccccc1. The summed E-state index contributed by atoms with van der Waals surface area (Å²) in [6, 6.07) is 60.9. The molecule has 0 saturated carbocycles. The first kappa shape index (κ1) is 31.2. The fraction of sp³-hybridized carbons (Fsp3) is 0.0750. The van der Waals surface area contributed by atoms with Gasteiger partial charge < -0.3 is 5.11 Å². The summed E-state index contributed by atoms with van der Waals surface area (Å²) in [5.74, 6) is -0.376. The minimum atomic E-state index is -1.94. The second-order valence-corrected chi connectivity index (χ2v) is 16.6. The van der Waals surface area contributed by atoms with Crippen LogP contribution in [-0.2, 0) is 0 Å². The molecule has 0 radical (unpaired) electrons. The van der Waals surface area contributed by atoms with Gasteiger partial charge in [0.2, 0.25) is 0 Å². The highest BCUT2D eigenvalue weighted by atomic mass is 31.2. The van der Waals surface area contributed by atoms with Crippen LogP contribution in [0, 0.1) is 0 Å². The average Bonchev–Trinajstić information content (AvgIpc) is 3.14. The second kappa shape index (κ2) is 15.5. The van der Waals surface area contributed by atoms with Crippen LogP contribution in [0.4, 0.5) is 0 Å². The van der Waals surface area contributed by atoms with E-state index in [1.807, 2.05) is 60.7 Å². The first-order valence-corrected chi connectivity index (χ1v) is 18.7. The zero-order chi connectivity index (χ0) is 31.4. The largest absolute Gasteiger partial charge is 0.857 e. The van der Waals surface area contributed by atoms with Gasteiger partial charge in [-0.15, -0.1) is 5.10 Å². The Bertz CT molecular complexity index is 1730. The Hall–Kier alpha value is -4.75. The minimum absolute atomic E-state index is 0.376. The highest BCUT2D eigenvalue weighted by Crippen LogP contribution is 2.55. The molecule has 226 valence electrons. The van der Waals surface area contributed by atoms with Gasteiger partial charge in [0.15, 0.2) is 0 Å². The molecule has 0 aliphatic carbocycles. The summed E-state index contributed by atoms with van der Waals surface area (Å²) in [7, 11) is -2.89. The van der Waals surface area contributed by atoms with E-state index in [1.54, 1.807) is 0 Å². The predicted octanol–water partition coefficient (Wildman–Crippen LogP) is 6.30. The highest BCUT2D eigenvalue weighted by Gasteiger charge is 2.44. The van der Waals surface area contributed by atoms with Crippen LogP contribution in [0.5, 0.6) is 0 Å². The molecule has 0 aliphatic rings. The van der Waals surface area contributed by atoms with E-state index < -0.39 is 15.2 Å². The van der Waals surface area contributed by atoms with Crippen LogP contribution in [0.1, 0.15) is 12.0 Å². The number of rotatable bonds is 12. The lowest BCUT2D eigenvalue weighted by Gasteiger charge is -2.27. The molecule has 0 unspecified atom stereocenters. The molecule has 0 N–H and O–H groups in total. The van der Waals surface area contributed by atoms with Crippen LogP contribution >= 0.6 is 15.2 Å². The van der Waals surface area contributed by atoms with Gasteiger partial charge in [0.25, 0.3) is 0 Å². The molecule has 6 heteroatoms. The Morgan fingerprint density at radius 1 is 0.522 bits per heavy atom. The molecule has 6 rings (SSSR count). The first-order valence-electron chi connectivity index (χ1n) is 15.4. The van der Waals surface area contributed by atoms with Crippen molar-refractivity contribution in [3.8, 4) is 0 Å². The van der Waals surface area contributed by atoms with Crippen LogP contribution in [0.25, 0.3) is 0 Å². The Morgan fingerprint density at radius 3 is 1.41 bits per heavy atom. The van der Waals surface area contributed by atoms with Crippen molar-refractivity contribution in [1.29, 1.82) is 0 Å². The monoisotopic (exact) mass is 636 g/mol. The topological polar surface area (TPSA) is 60.1 Å². The van der Waals surface area contributed by atoms with Crippen molar-refractivity contribution < 1.29 is 5.11 Å². The van der Waals surface area contributed by atoms with Gasteiger partial charge in [-0.1, -0.05) is 145 Å². The van der Waals surface area contributed by atoms with Crippen molar-refractivity contribution in [2.24, 2.45) is 15.4 Å². The third kappa shape index (κ3) is 7.05. The van der Waals surface area contributed by atoms with Crippen LogP contribution < -0.4 is 36.9 Å². The molecule has 0 atom stereocenters. The van der Waals surface area contributed by atoms with Gasteiger partial charge in [-0.05, 0) is 65.8 Å². The quantitative estimate of drug-likeness (QED) is 0.0296. The van der Waals surface area contributed by atoms with Gasteiger partial charge in [0.05, 0.1) is 12.7 Å². The maximum Gasteiger partial charge on any atom is 0.112 e. The van der Waals surface area contributed by atoms with E-state index in [2.05, 4.69) is 131 Å². The maximum absolute atomic E-state index is 13.5. The van der Waals surface area contributed by atoms with E-state index in [4.69, 9.17) is 0 Å². The fourth-order valence-electron chi connectivity index (χ4n) is 5.86. The van der Waals surface area contributed by atoms with Crippen LogP contribution in [0.2, 0.25) is 0 Å². The molecule has 6 aromatic carbocycles. The molecular weight excluding hydrogens is 601 g/mol. The predicted molar refractivity (Wildman–Crippen MR) is 196 cm³/mol. The summed E-state index contributed by atoms with van der Waals surface area (Å²) in [6.07, 6.45) is 1.74. The minimum Gasteiger partial charge on any atom is -0.857 e.